The second kappa shape index (κ2) is 5.04. The van der Waals surface area contributed by atoms with Gasteiger partial charge >= 0.3 is 5.97 Å². The van der Waals surface area contributed by atoms with E-state index in [2.05, 4.69) is 4.74 Å². The van der Waals surface area contributed by atoms with Crippen LogP contribution in [0.3, 0.4) is 0 Å². The van der Waals surface area contributed by atoms with Crippen molar-refractivity contribution in [2.45, 2.75) is 19.3 Å². The van der Waals surface area contributed by atoms with E-state index >= 15 is 0 Å². The van der Waals surface area contributed by atoms with E-state index in [1.807, 2.05) is 0 Å². The average Bonchev–Trinajstić information content (AvgIpc) is 3.05. The van der Waals surface area contributed by atoms with Gasteiger partial charge in [-0.15, -0.1) is 0 Å². The third kappa shape index (κ3) is 1.87. The second-order valence-electron chi connectivity index (χ2n) is 5.60. The third-order valence-electron chi connectivity index (χ3n) is 4.80. The molecule has 0 saturated heterocycles. The van der Waals surface area contributed by atoms with Gasteiger partial charge < -0.3 is 4.74 Å². The molecule has 2 bridgehead atoms. The zero-order valence-corrected chi connectivity index (χ0v) is 13.1. The number of halogens is 3. The van der Waals surface area contributed by atoms with Crippen molar-refractivity contribution in [2.24, 2.45) is 23.7 Å². The molecule has 0 aromatic heterocycles. The van der Waals surface area contributed by atoms with Gasteiger partial charge in [0.05, 0.1) is 7.11 Å². The molecular weight excluding hydrogens is 323 g/mol. The molecule has 4 atom stereocenters. The largest absolute Gasteiger partial charge is 0.465 e. The summed E-state index contributed by atoms with van der Waals surface area (Å²) in [7, 11) is 1.24. The maximum atomic E-state index is 12.4. The summed E-state index contributed by atoms with van der Waals surface area (Å²) in [5.74, 6) is -0.422. The summed E-state index contributed by atoms with van der Waals surface area (Å²) in [6, 6.07) is 0. The summed E-state index contributed by atoms with van der Waals surface area (Å²) in [5.41, 5.74) is 0.296. The van der Waals surface area contributed by atoms with E-state index in [0.29, 0.717) is 22.4 Å². The minimum atomic E-state index is -0.695. The quantitative estimate of drug-likeness (QED) is 0.543. The van der Waals surface area contributed by atoms with Crippen molar-refractivity contribution in [2.75, 3.05) is 7.11 Å². The molecule has 108 valence electrons. The predicted octanol–water partition coefficient (Wildman–Crippen LogP) is 3.59. The molecule has 0 spiro atoms. The van der Waals surface area contributed by atoms with Crippen LogP contribution in [0.5, 0.6) is 0 Å². The molecule has 0 radical (unpaired) electrons. The van der Waals surface area contributed by atoms with Crippen LogP contribution in [0, 0.1) is 23.7 Å². The molecular formula is C14H13Cl3O3. The zero-order chi connectivity index (χ0) is 14.6. The maximum Gasteiger partial charge on any atom is 0.349 e. The Hall–Kier alpha value is -0.510. The number of carbonyl (C=O) groups excluding carboxylic acids is 2. The van der Waals surface area contributed by atoms with Crippen molar-refractivity contribution in [3.63, 3.8) is 0 Å². The molecule has 0 amide bonds. The van der Waals surface area contributed by atoms with Gasteiger partial charge in [0.15, 0.2) is 0 Å². The van der Waals surface area contributed by atoms with Crippen molar-refractivity contribution >= 4 is 46.6 Å². The molecule has 0 N–H and O–H groups in total. The summed E-state index contributed by atoms with van der Waals surface area (Å²) >= 11 is 18.4. The minimum Gasteiger partial charge on any atom is -0.465 e. The Morgan fingerprint density at radius 2 is 1.80 bits per heavy atom. The summed E-state index contributed by atoms with van der Waals surface area (Å²) < 4.78 is 4.63. The fourth-order valence-corrected chi connectivity index (χ4v) is 4.96. The Bertz CT molecular complexity index is 564. The summed E-state index contributed by atoms with van der Waals surface area (Å²) in [4.78, 5) is 24.1. The number of hydrogen-bond donors (Lipinski definition) is 0. The lowest BCUT2D eigenvalue weighted by Crippen LogP contribution is -2.34. The lowest BCUT2D eigenvalue weighted by molar-refractivity contribution is -0.135. The van der Waals surface area contributed by atoms with E-state index in [-0.39, 0.29) is 21.9 Å². The van der Waals surface area contributed by atoms with E-state index in [4.69, 9.17) is 34.8 Å². The number of methoxy groups -OCH3 is 1. The van der Waals surface area contributed by atoms with Crippen molar-refractivity contribution in [1.82, 2.24) is 0 Å². The van der Waals surface area contributed by atoms with Crippen LogP contribution < -0.4 is 0 Å². The molecule has 3 aliphatic carbocycles. The van der Waals surface area contributed by atoms with Gasteiger partial charge in [-0.25, -0.2) is 4.79 Å². The van der Waals surface area contributed by atoms with Crippen LogP contribution in [-0.4, -0.2) is 18.9 Å². The molecule has 20 heavy (non-hydrogen) atoms. The Kier molecular flexibility index (Phi) is 3.64. The first-order valence-electron chi connectivity index (χ1n) is 6.55. The number of hydrogen-bond acceptors (Lipinski definition) is 3. The number of rotatable bonds is 1. The van der Waals surface area contributed by atoms with Gasteiger partial charge in [0, 0.05) is 22.4 Å². The molecule has 0 aromatic carbocycles. The van der Waals surface area contributed by atoms with E-state index in [1.54, 1.807) is 0 Å². The number of ether oxygens (including phenoxy) is 1. The summed E-state index contributed by atoms with van der Waals surface area (Å²) in [5, 5.41) is 0.284. The lowest BCUT2D eigenvalue weighted by Gasteiger charge is -2.36. The molecule has 0 aromatic rings. The average molecular weight is 336 g/mol. The molecule has 0 unspecified atom stereocenters. The van der Waals surface area contributed by atoms with E-state index in [9.17, 15) is 9.59 Å². The Balaban J connectivity index is 2.16. The lowest BCUT2D eigenvalue weighted by atomic mass is 9.70. The van der Waals surface area contributed by atoms with Gasteiger partial charge in [-0.1, -0.05) is 34.8 Å². The number of esters is 1. The number of ketones is 1. The van der Waals surface area contributed by atoms with Crippen molar-refractivity contribution < 1.29 is 14.3 Å². The van der Waals surface area contributed by atoms with Crippen LogP contribution in [0.15, 0.2) is 20.7 Å². The molecule has 3 rings (SSSR count). The van der Waals surface area contributed by atoms with Crippen LogP contribution in [0.2, 0.25) is 0 Å². The van der Waals surface area contributed by atoms with Gasteiger partial charge in [-0.05, 0) is 31.1 Å². The Morgan fingerprint density at radius 1 is 1.20 bits per heavy atom. The number of carbonyl (C=O) groups is 2. The Labute approximate surface area is 131 Å². The second-order valence-corrected chi connectivity index (χ2v) is 6.76. The fourth-order valence-electron chi connectivity index (χ4n) is 4.04. The van der Waals surface area contributed by atoms with Crippen LogP contribution in [-0.2, 0) is 14.3 Å². The first kappa shape index (κ1) is 14.4. The molecule has 2 saturated carbocycles. The van der Waals surface area contributed by atoms with Gasteiger partial charge in [-0.3, -0.25) is 4.79 Å². The number of allylic oxidation sites excluding steroid dienone is 3. The number of fused-ring (bicyclic) bond motifs is 5. The van der Waals surface area contributed by atoms with Crippen LogP contribution >= 0.6 is 34.8 Å². The van der Waals surface area contributed by atoms with E-state index < -0.39 is 11.8 Å². The predicted molar refractivity (Wildman–Crippen MR) is 76.4 cm³/mol. The number of Topliss-reactive ketones (excluding diaryl/α,β-unsaturated/α-hetero) is 1. The highest BCUT2D eigenvalue weighted by Crippen LogP contribution is 2.61. The van der Waals surface area contributed by atoms with Crippen LogP contribution in [0.1, 0.15) is 19.3 Å². The Morgan fingerprint density at radius 3 is 2.40 bits per heavy atom. The standard InChI is InChI=1S/C14H13Cl3O3/c1-20-14(19)11(16)9-7-5-2-3-6(4-5)8(7)10(15)12(17)13(9)18/h5-8H,2-4H2,1H3/b11-9-/t5-,6+,7+,8-/m0/s1. The fraction of sp³-hybridized carbons (Fsp3) is 0.571. The van der Waals surface area contributed by atoms with Crippen LogP contribution in [0.25, 0.3) is 0 Å². The first-order valence-corrected chi connectivity index (χ1v) is 7.68. The highest BCUT2D eigenvalue weighted by atomic mass is 35.5. The molecule has 0 aliphatic heterocycles. The van der Waals surface area contributed by atoms with Gasteiger partial charge in [0.1, 0.15) is 10.1 Å². The third-order valence-corrected chi connectivity index (χ3v) is 6.07. The molecule has 3 nitrogen and oxygen atoms in total. The van der Waals surface area contributed by atoms with Gasteiger partial charge in [-0.2, -0.15) is 0 Å². The molecule has 2 fully saturated rings. The van der Waals surface area contributed by atoms with E-state index in [0.717, 1.165) is 19.3 Å². The van der Waals surface area contributed by atoms with Crippen molar-refractivity contribution in [3.8, 4) is 0 Å². The zero-order valence-electron chi connectivity index (χ0n) is 10.8. The van der Waals surface area contributed by atoms with Crippen molar-refractivity contribution in [3.05, 3.63) is 20.7 Å². The maximum absolute atomic E-state index is 12.4. The molecule has 6 heteroatoms. The van der Waals surface area contributed by atoms with E-state index in [1.165, 1.54) is 7.11 Å². The highest BCUT2D eigenvalue weighted by molar-refractivity contribution is 6.53. The van der Waals surface area contributed by atoms with Gasteiger partial charge in [0.2, 0.25) is 5.78 Å². The SMILES string of the molecule is COC(=O)/C(Cl)=C1/C(=O)C(Cl)=C(Cl)[C@H]2[C@@H]3CC[C@@H](C3)[C@@H]12. The first-order chi connectivity index (χ1) is 9.47. The normalized spacial score (nSPS) is 38.1. The molecule has 0 heterocycles. The summed E-state index contributed by atoms with van der Waals surface area (Å²) in [6.45, 7) is 0. The molecule has 3 aliphatic rings. The summed E-state index contributed by atoms with van der Waals surface area (Å²) in [6.07, 6.45) is 3.14. The minimum absolute atomic E-state index is 0.00230. The smallest absolute Gasteiger partial charge is 0.349 e. The topological polar surface area (TPSA) is 43.4 Å². The highest BCUT2D eigenvalue weighted by Gasteiger charge is 2.55. The van der Waals surface area contributed by atoms with Crippen LogP contribution in [0.4, 0.5) is 0 Å². The monoisotopic (exact) mass is 334 g/mol. The van der Waals surface area contributed by atoms with Gasteiger partial charge in [0.25, 0.3) is 0 Å². The van der Waals surface area contributed by atoms with Crippen molar-refractivity contribution in [1.29, 1.82) is 0 Å².